The molecule has 0 aromatic rings. The fraction of sp³-hybridized carbons (Fsp3) is 0.913. The van der Waals surface area contributed by atoms with Crippen LogP contribution in [0.1, 0.15) is 203 Å². The van der Waals surface area contributed by atoms with Crippen molar-refractivity contribution in [3.05, 3.63) is 11.6 Å². The maximum absolute atomic E-state index is 13.2. The molecule has 0 aliphatic heterocycles. The zero-order valence-corrected chi connectivity index (χ0v) is 34.0. The number of fused-ring (bicyclic) bond motifs is 7. The summed E-state index contributed by atoms with van der Waals surface area (Å²) < 4.78 is 6.38. The second-order valence-corrected chi connectivity index (χ2v) is 19.9. The predicted octanol–water partition coefficient (Wildman–Crippen LogP) is 13.1. The minimum atomic E-state index is -0.585. The molecule has 50 heavy (non-hydrogen) atoms. The van der Waals surface area contributed by atoms with Crippen molar-refractivity contribution in [3.63, 3.8) is 0 Å². The lowest BCUT2D eigenvalue weighted by Gasteiger charge is -2.71. The maximum Gasteiger partial charge on any atom is 0.310 e. The van der Waals surface area contributed by atoms with Gasteiger partial charge in [0.15, 0.2) is 0 Å². The number of hydrogen-bond acceptors (Lipinski definition) is 3. The van der Waals surface area contributed by atoms with Gasteiger partial charge in [0.25, 0.3) is 0 Å². The molecule has 1 N–H and O–H groups in total. The van der Waals surface area contributed by atoms with Crippen LogP contribution in [-0.2, 0) is 14.3 Å². The molecule has 5 rings (SSSR count). The summed E-state index contributed by atoms with van der Waals surface area (Å²) in [6, 6.07) is 0. The summed E-state index contributed by atoms with van der Waals surface area (Å²) in [5, 5.41) is 10.7. The normalized spacial score (nSPS) is 40.4. The van der Waals surface area contributed by atoms with Crippen molar-refractivity contribution in [2.24, 2.45) is 56.7 Å². The fourth-order valence-corrected chi connectivity index (χ4v) is 13.5. The molecule has 5 aliphatic rings. The summed E-state index contributed by atoms with van der Waals surface area (Å²) in [4.78, 5) is 26.2. The number of rotatable bonds is 16. The summed E-state index contributed by atoms with van der Waals surface area (Å²) in [6.07, 6.45) is 29.4. The molecule has 0 radical (unpaired) electrons. The van der Waals surface area contributed by atoms with Gasteiger partial charge in [0.1, 0.15) is 6.10 Å². The third-order valence-electron chi connectivity index (χ3n) is 17.1. The van der Waals surface area contributed by atoms with Crippen LogP contribution in [0.25, 0.3) is 0 Å². The number of carbonyl (C=O) groups excluding carboxylic acids is 1. The fourth-order valence-electron chi connectivity index (χ4n) is 13.5. The first-order chi connectivity index (χ1) is 23.7. The highest BCUT2D eigenvalue weighted by Crippen LogP contribution is 2.75. The minimum Gasteiger partial charge on any atom is -0.481 e. The van der Waals surface area contributed by atoms with Crippen molar-refractivity contribution in [1.29, 1.82) is 0 Å². The van der Waals surface area contributed by atoms with E-state index in [9.17, 15) is 14.7 Å². The molecule has 0 amide bonds. The molecular formula is C46H78O4. The highest BCUT2D eigenvalue weighted by molar-refractivity contribution is 5.76. The average molecular weight is 695 g/mol. The Morgan fingerprint density at radius 3 is 1.94 bits per heavy atom. The van der Waals surface area contributed by atoms with E-state index in [0.717, 1.165) is 57.8 Å². The third-order valence-corrected chi connectivity index (χ3v) is 17.1. The Kier molecular flexibility index (Phi) is 12.7. The van der Waals surface area contributed by atoms with Crippen LogP contribution < -0.4 is 0 Å². The van der Waals surface area contributed by atoms with Gasteiger partial charge in [-0.1, -0.05) is 144 Å². The second kappa shape index (κ2) is 16.0. The SMILES string of the molecule is CCCCCCCCCCCCCCCC(=O)O[C@H]1CC[C@]2(C)[C@H]3CC=C4[C@@H]5[C@@H](C)[C@H](C)CC[C@]5(C(=O)O)CC[C@@]4(C)[C@]3(C)CC[C@H]2C1(C)C. The average Bonchev–Trinajstić information content (AvgIpc) is 3.06. The van der Waals surface area contributed by atoms with Crippen LogP contribution in [0.4, 0.5) is 0 Å². The Morgan fingerprint density at radius 1 is 0.740 bits per heavy atom. The van der Waals surface area contributed by atoms with Gasteiger partial charge in [-0.05, 0) is 110 Å². The molecule has 0 aromatic carbocycles. The van der Waals surface area contributed by atoms with Gasteiger partial charge in [0.05, 0.1) is 5.41 Å². The Labute approximate surface area is 308 Å². The van der Waals surface area contributed by atoms with E-state index in [-0.39, 0.29) is 39.7 Å². The van der Waals surface area contributed by atoms with Gasteiger partial charge in [-0.3, -0.25) is 9.59 Å². The van der Waals surface area contributed by atoms with Crippen molar-refractivity contribution in [2.45, 2.75) is 209 Å². The van der Waals surface area contributed by atoms with Gasteiger partial charge < -0.3 is 9.84 Å². The summed E-state index contributed by atoms with van der Waals surface area (Å²) in [5.41, 5.74) is 1.26. The zero-order chi connectivity index (χ0) is 36.4. The van der Waals surface area contributed by atoms with Crippen molar-refractivity contribution >= 4 is 11.9 Å². The van der Waals surface area contributed by atoms with E-state index < -0.39 is 11.4 Å². The summed E-state index contributed by atoms with van der Waals surface area (Å²) >= 11 is 0. The molecule has 4 heteroatoms. The summed E-state index contributed by atoms with van der Waals surface area (Å²) in [7, 11) is 0. The van der Waals surface area contributed by atoms with Crippen molar-refractivity contribution < 1.29 is 19.4 Å². The van der Waals surface area contributed by atoms with Crippen molar-refractivity contribution in [3.8, 4) is 0 Å². The first-order valence-corrected chi connectivity index (χ1v) is 21.8. The molecular weight excluding hydrogens is 617 g/mol. The van der Waals surface area contributed by atoms with Gasteiger partial charge >= 0.3 is 11.9 Å². The highest BCUT2D eigenvalue weighted by atomic mass is 16.5. The standard InChI is InChI=1S/C46H78O4/c1-9-10-11-12-13-14-15-16-17-18-19-20-21-22-39(47)50-38-27-28-43(6)36(42(38,4)5)26-29-45(8)37(43)24-23-35-40-34(3)33(2)25-30-46(40,41(48)49)32-31-44(35,45)7/h23,33-34,36-38,40H,9-22,24-32H2,1-8H3,(H,48,49)/t33-,34+,36+,37-,38+,40+,43+,44-,45-,46+/m1/s1. The zero-order valence-electron chi connectivity index (χ0n) is 34.0. The largest absolute Gasteiger partial charge is 0.481 e. The van der Waals surface area contributed by atoms with E-state index in [0.29, 0.717) is 30.1 Å². The van der Waals surface area contributed by atoms with E-state index in [1.54, 1.807) is 0 Å². The Morgan fingerprint density at radius 2 is 1.34 bits per heavy atom. The maximum atomic E-state index is 13.2. The van der Waals surface area contributed by atoms with Crippen molar-refractivity contribution in [1.82, 2.24) is 0 Å². The van der Waals surface area contributed by atoms with E-state index >= 15 is 0 Å². The molecule has 0 spiro atoms. The number of allylic oxidation sites excluding steroid dienone is 2. The number of ether oxygens (including phenoxy) is 1. The lowest BCUT2D eigenvalue weighted by molar-refractivity contribution is -0.214. The van der Waals surface area contributed by atoms with Crippen LogP contribution in [-0.4, -0.2) is 23.1 Å². The Hall–Kier alpha value is -1.32. The number of unbranched alkanes of at least 4 members (excludes halogenated alkanes) is 12. The van der Waals surface area contributed by atoms with Gasteiger partial charge in [-0.25, -0.2) is 0 Å². The van der Waals surface area contributed by atoms with E-state index in [4.69, 9.17) is 4.74 Å². The summed E-state index contributed by atoms with van der Waals surface area (Å²) in [5.74, 6) is 1.69. The number of aliphatic carboxylic acids is 1. The van der Waals surface area contributed by atoms with Crippen LogP contribution >= 0.6 is 0 Å². The second-order valence-electron chi connectivity index (χ2n) is 19.9. The van der Waals surface area contributed by atoms with Crippen LogP contribution in [0, 0.1) is 56.7 Å². The molecule has 4 nitrogen and oxygen atoms in total. The third kappa shape index (κ3) is 7.15. The van der Waals surface area contributed by atoms with Crippen LogP contribution in [0.3, 0.4) is 0 Å². The number of carboxylic acid groups (broad SMARTS) is 1. The lowest BCUT2D eigenvalue weighted by Crippen LogP contribution is -2.65. The van der Waals surface area contributed by atoms with Gasteiger partial charge in [-0.15, -0.1) is 0 Å². The molecule has 0 bridgehead atoms. The van der Waals surface area contributed by atoms with Crippen molar-refractivity contribution in [2.75, 3.05) is 0 Å². The number of carboxylic acids is 1. The molecule has 4 fully saturated rings. The quantitative estimate of drug-likeness (QED) is 0.0992. The lowest BCUT2D eigenvalue weighted by atomic mass is 9.33. The summed E-state index contributed by atoms with van der Waals surface area (Å²) in [6.45, 7) is 19.5. The number of carbonyl (C=O) groups is 2. The van der Waals surface area contributed by atoms with E-state index in [2.05, 4.69) is 61.5 Å². The molecule has 4 saturated carbocycles. The Balaban J connectivity index is 1.15. The number of hydrogen-bond donors (Lipinski definition) is 1. The first-order valence-electron chi connectivity index (χ1n) is 21.8. The highest BCUT2D eigenvalue weighted by Gasteiger charge is 2.69. The Bertz CT molecular complexity index is 1200. The van der Waals surface area contributed by atoms with Gasteiger partial charge in [-0.2, -0.15) is 0 Å². The topological polar surface area (TPSA) is 63.6 Å². The molecule has 286 valence electrons. The molecule has 0 unspecified atom stereocenters. The van der Waals surface area contributed by atoms with Gasteiger partial charge in [0.2, 0.25) is 0 Å². The van der Waals surface area contributed by atoms with Gasteiger partial charge in [0, 0.05) is 11.8 Å². The predicted molar refractivity (Wildman–Crippen MR) is 207 cm³/mol. The molecule has 0 heterocycles. The molecule has 5 aliphatic carbocycles. The van der Waals surface area contributed by atoms with E-state index in [1.807, 2.05) is 0 Å². The monoisotopic (exact) mass is 695 g/mol. The smallest absolute Gasteiger partial charge is 0.310 e. The van der Waals surface area contributed by atoms with Crippen LogP contribution in [0.15, 0.2) is 11.6 Å². The van der Waals surface area contributed by atoms with Crippen LogP contribution in [0.5, 0.6) is 0 Å². The first kappa shape index (κ1) is 39.9. The molecule has 10 atom stereocenters. The van der Waals surface area contributed by atoms with E-state index in [1.165, 1.54) is 89.0 Å². The number of esters is 1. The molecule has 0 saturated heterocycles. The minimum absolute atomic E-state index is 0.000114. The van der Waals surface area contributed by atoms with Crippen LogP contribution in [0.2, 0.25) is 0 Å². The molecule has 0 aromatic heterocycles.